The molecule has 3 aromatic rings. The zero-order valence-electron chi connectivity index (χ0n) is 14.8. The molecule has 1 aromatic carbocycles. The number of nitrogens with two attached hydrogens (primary N) is 1. The first kappa shape index (κ1) is 19.9. The number of sulfonamides is 1. The highest BCUT2D eigenvalue weighted by atomic mass is 32.2. The second-order valence-corrected chi connectivity index (χ2v) is 8.37. The van der Waals surface area contributed by atoms with Gasteiger partial charge in [0.05, 0.1) is 17.0 Å². The normalized spacial score (nSPS) is 11.2. The Labute approximate surface area is 166 Å². The van der Waals surface area contributed by atoms with Gasteiger partial charge in [0, 0.05) is 18.1 Å². The quantitative estimate of drug-likeness (QED) is 0.513. The first-order chi connectivity index (χ1) is 13.4. The third kappa shape index (κ3) is 5.84. The standard InChI is InChI=1S/C18H19N5O3S2/c19-28(25,26)15-6-4-13(5-7-15)8-10-21-17(24)11-14-12-27-18(22-14)23-16-3-1-2-9-20-16/h1-7,9,12H,8,10-11H2,(H,21,24)(H2,19,25,26)(H,20,22,23). The molecule has 8 nitrogen and oxygen atoms in total. The molecule has 1 amide bonds. The number of nitrogens with one attached hydrogen (secondary N) is 2. The predicted molar refractivity (Wildman–Crippen MR) is 108 cm³/mol. The zero-order chi connectivity index (χ0) is 20.0. The zero-order valence-corrected chi connectivity index (χ0v) is 16.5. The summed E-state index contributed by atoms with van der Waals surface area (Å²) < 4.78 is 22.5. The van der Waals surface area contributed by atoms with Crippen LogP contribution in [0.3, 0.4) is 0 Å². The maximum atomic E-state index is 12.1. The molecule has 0 bridgehead atoms. The van der Waals surface area contributed by atoms with Crippen LogP contribution in [0.2, 0.25) is 0 Å². The fourth-order valence-electron chi connectivity index (χ4n) is 2.41. The van der Waals surface area contributed by atoms with Crippen molar-refractivity contribution in [3.05, 3.63) is 65.3 Å². The molecule has 3 rings (SSSR count). The van der Waals surface area contributed by atoms with Gasteiger partial charge in [-0.3, -0.25) is 4.79 Å². The number of pyridine rings is 1. The summed E-state index contributed by atoms with van der Waals surface area (Å²) >= 11 is 1.41. The number of benzene rings is 1. The van der Waals surface area contributed by atoms with Crippen LogP contribution in [-0.4, -0.2) is 30.8 Å². The number of thiazole rings is 1. The lowest BCUT2D eigenvalue weighted by Gasteiger charge is -2.05. The molecule has 0 radical (unpaired) electrons. The third-order valence-electron chi connectivity index (χ3n) is 3.78. The Morgan fingerprint density at radius 2 is 1.93 bits per heavy atom. The van der Waals surface area contributed by atoms with Crippen LogP contribution in [0.15, 0.2) is 58.9 Å². The topological polar surface area (TPSA) is 127 Å². The molecule has 2 aromatic heterocycles. The van der Waals surface area contributed by atoms with Crippen molar-refractivity contribution in [1.82, 2.24) is 15.3 Å². The Morgan fingerprint density at radius 1 is 1.14 bits per heavy atom. The predicted octanol–water partition coefficient (Wildman–Crippen LogP) is 1.83. The lowest BCUT2D eigenvalue weighted by atomic mass is 10.1. The largest absolute Gasteiger partial charge is 0.355 e. The molecule has 0 atom stereocenters. The number of primary sulfonamides is 1. The van der Waals surface area contributed by atoms with Gasteiger partial charge in [0.1, 0.15) is 5.82 Å². The summed E-state index contributed by atoms with van der Waals surface area (Å²) in [6.07, 6.45) is 2.46. The average molecular weight is 418 g/mol. The van der Waals surface area contributed by atoms with Crippen LogP contribution < -0.4 is 15.8 Å². The van der Waals surface area contributed by atoms with E-state index in [1.165, 1.54) is 23.5 Å². The number of carbonyl (C=O) groups excluding carboxylic acids is 1. The number of hydrogen-bond acceptors (Lipinski definition) is 7. The van der Waals surface area contributed by atoms with E-state index in [9.17, 15) is 13.2 Å². The minimum absolute atomic E-state index is 0.0685. The number of nitrogens with zero attached hydrogens (tertiary/aromatic N) is 2. The number of carbonyl (C=O) groups is 1. The second-order valence-electron chi connectivity index (χ2n) is 5.95. The number of anilines is 2. The minimum atomic E-state index is -3.69. The van der Waals surface area contributed by atoms with E-state index in [1.54, 1.807) is 18.3 Å². The lowest BCUT2D eigenvalue weighted by Crippen LogP contribution is -2.27. The summed E-state index contributed by atoms with van der Waals surface area (Å²) in [7, 11) is -3.69. The molecule has 0 aliphatic rings. The fraction of sp³-hybridized carbons (Fsp3) is 0.167. The van der Waals surface area contributed by atoms with E-state index in [2.05, 4.69) is 20.6 Å². The summed E-state index contributed by atoms with van der Waals surface area (Å²) in [6.45, 7) is 0.441. The maximum Gasteiger partial charge on any atom is 0.238 e. The summed E-state index contributed by atoms with van der Waals surface area (Å²) in [5.74, 6) is 0.567. The SMILES string of the molecule is NS(=O)(=O)c1ccc(CCNC(=O)Cc2csc(Nc3ccccn3)n2)cc1. The Hall–Kier alpha value is -2.82. The third-order valence-corrected chi connectivity index (χ3v) is 5.52. The molecule has 146 valence electrons. The van der Waals surface area contributed by atoms with Gasteiger partial charge in [-0.05, 0) is 36.2 Å². The molecule has 10 heteroatoms. The van der Waals surface area contributed by atoms with E-state index in [0.29, 0.717) is 29.6 Å². The number of hydrogen-bond donors (Lipinski definition) is 3. The molecule has 28 heavy (non-hydrogen) atoms. The molecule has 0 spiro atoms. The molecule has 0 saturated heterocycles. The van der Waals surface area contributed by atoms with Crippen molar-refractivity contribution in [3.63, 3.8) is 0 Å². The van der Waals surface area contributed by atoms with Crippen molar-refractivity contribution in [3.8, 4) is 0 Å². The van der Waals surface area contributed by atoms with E-state index in [1.807, 2.05) is 23.6 Å². The highest BCUT2D eigenvalue weighted by Crippen LogP contribution is 2.19. The van der Waals surface area contributed by atoms with Crippen LogP contribution in [-0.2, 0) is 27.7 Å². The fourth-order valence-corrected chi connectivity index (χ4v) is 3.64. The van der Waals surface area contributed by atoms with Crippen LogP contribution in [0.25, 0.3) is 0 Å². The van der Waals surface area contributed by atoms with Crippen LogP contribution in [0.4, 0.5) is 10.9 Å². The highest BCUT2D eigenvalue weighted by molar-refractivity contribution is 7.89. The molecular weight excluding hydrogens is 398 g/mol. The van der Waals surface area contributed by atoms with Gasteiger partial charge in [-0.25, -0.2) is 23.5 Å². The monoisotopic (exact) mass is 417 g/mol. The molecule has 4 N–H and O–H groups in total. The van der Waals surface area contributed by atoms with Crippen molar-refractivity contribution >= 4 is 38.2 Å². The van der Waals surface area contributed by atoms with Crippen LogP contribution >= 0.6 is 11.3 Å². The first-order valence-electron chi connectivity index (χ1n) is 8.41. The van der Waals surface area contributed by atoms with Gasteiger partial charge in [-0.15, -0.1) is 11.3 Å². The van der Waals surface area contributed by atoms with E-state index in [0.717, 1.165) is 5.56 Å². The van der Waals surface area contributed by atoms with Gasteiger partial charge in [0.25, 0.3) is 0 Å². The molecule has 0 fully saturated rings. The molecule has 0 aliphatic heterocycles. The highest BCUT2D eigenvalue weighted by Gasteiger charge is 2.09. The molecule has 0 aliphatic carbocycles. The van der Waals surface area contributed by atoms with E-state index >= 15 is 0 Å². The van der Waals surface area contributed by atoms with Crippen molar-refractivity contribution in [1.29, 1.82) is 0 Å². The number of rotatable bonds is 8. The Bertz CT molecular complexity index is 1030. The molecule has 2 heterocycles. The summed E-state index contributed by atoms with van der Waals surface area (Å²) in [4.78, 5) is 20.7. The average Bonchev–Trinajstić information content (AvgIpc) is 3.09. The van der Waals surface area contributed by atoms with Gasteiger partial charge in [-0.2, -0.15) is 0 Å². The Balaban J connectivity index is 1.44. The molecule has 0 unspecified atom stereocenters. The van der Waals surface area contributed by atoms with Crippen molar-refractivity contribution < 1.29 is 13.2 Å². The summed E-state index contributed by atoms with van der Waals surface area (Å²) in [5.41, 5.74) is 1.58. The van der Waals surface area contributed by atoms with E-state index in [-0.39, 0.29) is 17.2 Å². The minimum Gasteiger partial charge on any atom is -0.355 e. The van der Waals surface area contributed by atoms with Crippen LogP contribution in [0.1, 0.15) is 11.3 Å². The Morgan fingerprint density at radius 3 is 2.61 bits per heavy atom. The van der Waals surface area contributed by atoms with Crippen molar-refractivity contribution in [2.45, 2.75) is 17.7 Å². The smallest absolute Gasteiger partial charge is 0.238 e. The van der Waals surface area contributed by atoms with Crippen molar-refractivity contribution in [2.75, 3.05) is 11.9 Å². The van der Waals surface area contributed by atoms with Crippen LogP contribution in [0, 0.1) is 0 Å². The Kier molecular flexibility index (Phi) is 6.34. The number of aromatic nitrogens is 2. The summed E-state index contributed by atoms with van der Waals surface area (Å²) in [5, 5.41) is 13.5. The van der Waals surface area contributed by atoms with Gasteiger partial charge in [-0.1, -0.05) is 18.2 Å². The lowest BCUT2D eigenvalue weighted by molar-refractivity contribution is -0.120. The van der Waals surface area contributed by atoms with E-state index in [4.69, 9.17) is 5.14 Å². The van der Waals surface area contributed by atoms with Crippen LogP contribution in [0.5, 0.6) is 0 Å². The maximum absolute atomic E-state index is 12.1. The van der Waals surface area contributed by atoms with E-state index < -0.39 is 10.0 Å². The molecular formula is C18H19N5O3S2. The van der Waals surface area contributed by atoms with Gasteiger partial charge < -0.3 is 10.6 Å². The molecule has 0 saturated carbocycles. The number of amides is 1. The second kappa shape index (κ2) is 8.91. The van der Waals surface area contributed by atoms with Gasteiger partial charge >= 0.3 is 0 Å². The first-order valence-corrected chi connectivity index (χ1v) is 10.8. The van der Waals surface area contributed by atoms with Gasteiger partial charge in [0.2, 0.25) is 15.9 Å². The van der Waals surface area contributed by atoms with Crippen molar-refractivity contribution in [2.24, 2.45) is 5.14 Å². The van der Waals surface area contributed by atoms with Gasteiger partial charge in [0.15, 0.2) is 5.13 Å². The summed E-state index contributed by atoms with van der Waals surface area (Å²) in [6, 6.07) is 11.8.